The number of benzene rings is 2. The van der Waals surface area contributed by atoms with Gasteiger partial charge in [0.2, 0.25) is 1.43 Å². The second-order valence-corrected chi connectivity index (χ2v) is 9.37. The van der Waals surface area contributed by atoms with E-state index in [2.05, 4.69) is 9.29 Å². The average Bonchev–Trinajstić information content (AvgIpc) is 2.81. The topological polar surface area (TPSA) is 97.7 Å². The smallest absolute Gasteiger partial charge is 0.297 e. The van der Waals surface area contributed by atoms with Crippen molar-refractivity contribution in [1.82, 2.24) is 0 Å². The van der Waals surface area contributed by atoms with Crippen molar-refractivity contribution in [2.45, 2.75) is 63.2 Å². The van der Waals surface area contributed by atoms with Crippen LogP contribution in [0, 0.1) is 13.8 Å². The van der Waals surface area contributed by atoms with Crippen molar-refractivity contribution in [2.75, 3.05) is 0 Å². The Bertz CT molecular complexity index is 1410. The molecule has 0 saturated heterocycles. The summed E-state index contributed by atoms with van der Waals surface area (Å²) in [6.07, 6.45) is -6.75. The Kier molecular flexibility index (Phi) is 4.77. The zero-order valence-electron chi connectivity index (χ0n) is 30.3. The molecule has 0 aliphatic rings. The maximum absolute atomic E-state index is 12.0. The van der Waals surface area contributed by atoms with Gasteiger partial charge in [0.1, 0.15) is 0 Å². The Balaban J connectivity index is 0.000000684. The molecule has 2 rings (SSSR count). The monoisotopic (exact) mass is 479 g/mol. The first kappa shape index (κ1) is 11.2. The molecular formula is C20H29ClO6S2. The summed E-state index contributed by atoms with van der Waals surface area (Å²) in [6.45, 7) is -9.70. The van der Waals surface area contributed by atoms with E-state index in [0.717, 1.165) is 23.3 Å². The van der Waals surface area contributed by atoms with E-state index in [1.807, 2.05) is 6.92 Å². The number of hydrogen-bond acceptors (Lipinski definition) is 6. The first-order valence-electron chi connectivity index (χ1n) is 14.9. The molecule has 0 saturated carbocycles. The number of rotatable bonds is 5. The van der Waals surface area contributed by atoms with Gasteiger partial charge in [-0.3, -0.25) is 4.18 Å². The van der Waals surface area contributed by atoms with Crippen molar-refractivity contribution in [3.05, 3.63) is 59.7 Å². The summed E-state index contributed by atoms with van der Waals surface area (Å²) in [5.74, 6) is 0. The minimum absolute atomic E-state index is 0.143. The second-order valence-electron chi connectivity index (χ2n) is 5.26. The number of aliphatic hydroxyl groups is 1. The van der Waals surface area contributed by atoms with Gasteiger partial charge in [-0.1, -0.05) is 35.4 Å². The van der Waals surface area contributed by atoms with Crippen LogP contribution in [-0.2, 0) is 23.4 Å². The zero-order chi connectivity index (χ0) is 35.4. The Morgan fingerprint density at radius 2 is 1.34 bits per heavy atom. The van der Waals surface area contributed by atoms with E-state index in [1.54, 1.807) is 19.1 Å². The molecule has 0 heterocycles. The summed E-state index contributed by atoms with van der Waals surface area (Å²) < 4.78 is 153. The lowest BCUT2D eigenvalue weighted by Gasteiger charge is -2.08. The number of hydrogen-bond donors (Lipinski definition) is 1. The van der Waals surface area contributed by atoms with Crippen LogP contribution in [0.2, 0.25) is 0 Å². The van der Waals surface area contributed by atoms with Crippen molar-refractivity contribution in [1.29, 1.82) is 1.43 Å². The average molecular weight is 480 g/mol. The van der Waals surface area contributed by atoms with Gasteiger partial charge in [0.25, 0.3) is 19.2 Å². The lowest BCUT2D eigenvalue weighted by molar-refractivity contribution is 0.216. The molecule has 0 fully saturated rings. The number of aryl methyl sites for hydroxylation is 2. The van der Waals surface area contributed by atoms with E-state index in [9.17, 15) is 16.8 Å². The van der Waals surface area contributed by atoms with E-state index >= 15 is 0 Å². The molecule has 0 spiro atoms. The molecule has 9 heteroatoms. The molecule has 0 amide bonds. The highest BCUT2D eigenvalue weighted by atomic mass is 35.7. The third kappa shape index (κ3) is 12.7. The molecule has 0 aliphatic heterocycles. The highest BCUT2D eigenvalue weighted by molar-refractivity contribution is 8.13. The largest absolute Gasteiger partial charge is 0.394 e. The van der Waals surface area contributed by atoms with E-state index < -0.39 is 63.6 Å². The van der Waals surface area contributed by atoms with Crippen molar-refractivity contribution in [3.8, 4) is 0 Å². The van der Waals surface area contributed by atoms with Gasteiger partial charge in [0.15, 0.2) is 0 Å². The quantitative estimate of drug-likeness (QED) is 0.503. The molecule has 0 unspecified atom stereocenters. The van der Waals surface area contributed by atoms with Crippen LogP contribution in [-0.4, -0.2) is 35.5 Å². The Labute approximate surface area is 200 Å². The fourth-order valence-electron chi connectivity index (χ4n) is 1.56. The molecule has 0 atom stereocenters. The van der Waals surface area contributed by atoms with Crippen LogP contribution in [0.4, 0.5) is 0 Å². The first-order chi connectivity index (χ1) is 19.3. The summed E-state index contributed by atoms with van der Waals surface area (Å²) in [6, 6.07) is 11.5. The molecule has 1 N–H and O–H groups in total. The normalized spacial score (nSPS) is 21.4. The first-order valence-corrected chi connectivity index (χ1v) is 11.2. The highest BCUT2D eigenvalue weighted by Crippen LogP contribution is 2.15. The molecule has 0 aliphatic carbocycles. The molecule has 29 heavy (non-hydrogen) atoms. The maximum Gasteiger partial charge on any atom is 0.297 e. The van der Waals surface area contributed by atoms with Gasteiger partial charge in [-0.15, -0.1) is 0 Å². The van der Waals surface area contributed by atoms with E-state index in [4.69, 9.17) is 31.3 Å². The zero-order valence-corrected chi connectivity index (χ0v) is 17.7. The second kappa shape index (κ2) is 12.3. The Morgan fingerprint density at radius 1 is 0.897 bits per heavy atom. The van der Waals surface area contributed by atoms with Gasteiger partial charge in [-0.05, 0) is 65.5 Å². The Hall–Kier alpha value is -1.45. The van der Waals surface area contributed by atoms with E-state index in [-0.39, 0.29) is 4.90 Å². The molecule has 2 aromatic carbocycles. The molecule has 0 aromatic heterocycles. The van der Waals surface area contributed by atoms with Gasteiger partial charge in [-0.25, -0.2) is 8.42 Å². The van der Waals surface area contributed by atoms with Crippen molar-refractivity contribution >= 4 is 29.9 Å². The molecule has 0 radical (unpaired) electrons. The van der Waals surface area contributed by atoms with Crippen LogP contribution in [0.3, 0.4) is 0 Å². The molecule has 0 bridgehead atoms. The minimum Gasteiger partial charge on any atom is -0.394 e. The van der Waals surface area contributed by atoms with Gasteiger partial charge < -0.3 is 5.11 Å². The van der Waals surface area contributed by atoms with Gasteiger partial charge in [0, 0.05) is 33.2 Å². The third-order valence-corrected chi connectivity index (χ3v) is 5.41. The molecule has 2 aromatic rings. The van der Waals surface area contributed by atoms with Gasteiger partial charge in [-0.2, -0.15) is 8.42 Å². The standard InChI is InChI=1S/C10H14O3S.C7H7ClO2S.C3H8O/c1-8(2)13-14(11,12)10-6-4-9(3)5-7-10;1-6-2-4-7(5-3-6)11(8,9)10;1-3(2)4/h4-8H,1-3H3;2-5H,1H3;3-4H,1-2H3/i1D3,2D3,8D;;1D3,2D3,3D,4D. The van der Waals surface area contributed by atoms with Crippen molar-refractivity contribution in [2.24, 2.45) is 0 Å². The van der Waals surface area contributed by atoms with Crippen LogP contribution in [0.25, 0.3) is 0 Å². The lowest BCUT2D eigenvalue weighted by Crippen LogP contribution is -2.12. The summed E-state index contributed by atoms with van der Waals surface area (Å²) in [4.78, 5) is -0.275. The lowest BCUT2D eigenvalue weighted by atomic mass is 10.2. The SMILES string of the molecule is Cc1ccc(S(=O)(=O)Cl)cc1.[2H]C([2H])([2H])C([2H])(OS(=O)(=O)c1ccc(C)cc1)C([2H])([2H])[2H].[2H]OC([2H])(C([2H])([2H])[2H])C([2H])([2H])[2H]. The maximum atomic E-state index is 12.0. The van der Waals surface area contributed by atoms with Crippen LogP contribution >= 0.6 is 10.7 Å². The van der Waals surface area contributed by atoms with E-state index in [0.29, 0.717) is 0 Å². The molecule has 6 nitrogen and oxygen atoms in total. The predicted octanol–water partition coefficient (Wildman–Crippen LogP) is 4.42. The Morgan fingerprint density at radius 3 is 1.66 bits per heavy atom. The van der Waals surface area contributed by atoms with Crippen LogP contribution in [0.15, 0.2) is 58.3 Å². The van der Waals surface area contributed by atoms with Gasteiger partial charge >= 0.3 is 0 Å². The molecule has 164 valence electrons. The fraction of sp³-hybridized carbons (Fsp3) is 0.400. The van der Waals surface area contributed by atoms with E-state index in [1.165, 1.54) is 24.3 Å². The predicted molar refractivity (Wildman–Crippen MR) is 116 cm³/mol. The van der Waals surface area contributed by atoms with Crippen LogP contribution in [0.1, 0.15) is 57.7 Å². The van der Waals surface area contributed by atoms with Crippen LogP contribution < -0.4 is 0 Å². The highest BCUT2D eigenvalue weighted by Gasteiger charge is 2.16. The van der Waals surface area contributed by atoms with Crippen molar-refractivity contribution in [3.63, 3.8) is 0 Å². The number of halogens is 1. The third-order valence-electron chi connectivity index (χ3n) is 2.81. The summed E-state index contributed by atoms with van der Waals surface area (Å²) in [5, 5.41) is 3.46. The molecular weight excluding hydrogens is 436 g/mol. The summed E-state index contributed by atoms with van der Waals surface area (Å²) >= 11 is 0. The van der Waals surface area contributed by atoms with Crippen LogP contribution in [0.5, 0.6) is 0 Å². The fourth-order valence-corrected chi connectivity index (χ4v) is 3.12. The van der Waals surface area contributed by atoms with Crippen molar-refractivity contribution < 1.29 is 45.3 Å². The summed E-state index contributed by atoms with van der Waals surface area (Å²) in [7, 11) is -3.17. The van der Waals surface area contributed by atoms with Gasteiger partial charge in [0.05, 0.1) is 18.6 Å². The minimum atomic E-state index is -4.71. The summed E-state index contributed by atoms with van der Waals surface area (Å²) in [5.41, 5.74) is 1.76.